The molecule has 1 aliphatic carbocycles. The highest BCUT2D eigenvalue weighted by Crippen LogP contribution is 2.41. The van der Waals surface area contributed by atoms with E-state index >= 15 is 0 Å². The van der Waals surface area contributed by atoms with Crippen LogP contribution in [0.3, 0.4) is 0 Å². The van der Waals surface area contributed by atoms with Crippen molar-refractivity contribution in [3.8, 4) is 0 Å². The second-order valence-corrected chi connectivity index (χ2v) is 6.26. The first-order valence-corrected chi connectivity index (χ1v) is 7.98. The lowest BCUT2D eigenvalue weighted by molar-refractivity contribution is 0.309. The van der Waals surface area contributed by atoms with Crippen LogP contribution in [0.2, 0.25) is 0 Å². The topological polar surface area (TPSA) is 12.0 Å². The van der Waals surface area contributed by atoms with Gasteiger partial charge in [-0.3, -0.25) is 0 Å². The molecule has 1 saturated carbocycles. The van der Waals surface area contributed by atoms with Gasteiger partial charge in [0.05, 0.1) is 0 Å². The minimum absolute atomic E-state index is 0.566. The van der Waals surface area contributed by atoms with Crippen LogP contribution in [0.25, 0.3) is 0 Å². The third-order valence-corrected chi connectivity index (χ3v) is 4.73. The van der Waals surface area contributed by atoms with Crippen LogP contribution in [0.15, 0.2) is 24.3 Å². The van der Waals surface area contributed by atoms with E-state index in [2.05, 4.69) is 57.3 Å². The van der Waals surface area contributed by atoms with Gasteiger partial charge in [-0.1, -0.05) is 56.5 Å². The van der Waals surface area contributed by atoms with Crippen LogP contribution in [-0.2, 0) is 0 Å². The monoisotopic (exact) mass is 259 g/mol. The van der Waals surface area contributed by atoms with Crippen molar-refractivity contribution in [3.05, 3.63) is 35.4 Å². The van der Waals surface area contributed by atoms with E-state index in [1.165, 1.54) is 36.8 Å². The lowest BCUT2D eigenvalue weighted by Gasteiger charge is -2.29. The first-order chi connectivity index (χ1) is 9.15. The molecule has 0 saturated heterocycles. The Kier molecular flexibility index (Phi) is 5.04. The number of hydrogen-bond acceptors (Lipinski definition) is 1. The lowest BCUT2D eigenvalue weighted by Crippen LogP contribution is -2.37. The van der Waals surface area contributed by atoms with Gasteiger partial charge in [0.2, 0.25) is 0 Å². The molecule has 0 amide bonds. The molecule has 1 aromatic carbocycles. The summed E-state index contributed by atoms with van der Waals surface area (Å²) in [4.78, 5) is 0. The number of hydrogen-bond donors (Lipinski definition) is 1. The molecule has 1 N–H and O–H groups in total. The summed E-state index contributed by atoms with van der Waals surface area (Å²) in [6, 6.07) is 10.3. The lowest BCUT2D eigenvalue weighted by atomic mass is 9.92. The number of rotatable bonds is 7. The second kappa shape index (κ2) is 6.56. The third kappa shape index (κ3) is 3.82. The molecule has 19 heavy (non-hydrogen) atoms. The molecule has 1 aliphatic rings. The molecule has 1 heteroatoms. The second-order valence-electron chi connectivity index (χ2n) is 6.26. The Bertz CT molecular complexity index is 373. The van der Waals surface area contributed by atoms with E-state index in [1.807, 2.05) is 0 Å². The quantitative estimate of drug-likeness (QED) is 0.737. The molecule has 2 atom stereocenters. The van der Waals surface area contributed by atoms with Crippen LogP contribution >= 0.6 is 0 Å². The predicted molar refractivity (Wildman–Crippen MR) is 83.3 cm³/mol. The highest BCUT2D eigenvalue weighted by atomic mass is 15.0. The highest BCUT2D eigenvalue weighted by Gasteiger charge is 2.33. The average molecular weight is 259 g/mol. The molecule has 0 aliphatic heterocycles. The minimum atomic E-state index is 0.566. The van der Waals surface area contributed by atoms with E-state index < -0.39 is 0 Å². The van der Waals surface area contributed by atoms with Crippen LogP contribution in [0.5, 0.6) is 0 Å². The third-order valence-electron chi connectivity index (χ3n) is 4.73. The molecule has 0 bridgehead atoms. The Balaban J connectivity index is 2.06. The molecule has 2 rings (SSSR count). The Hall–Kier alpha value is -0.820. The van der Waals surface area contributed by atoms with Gasteiger partial charge in [-0.15, -0.1) is 0 Å². The van der Waals surface area contributed by atoms with Gasteiger partial charge in [-0.2, -0.15) is 0 Å². The molecule has 0 heterocycles. The zero-order valence-corrected chi connectivity index (χ0v) is 12.9. The number of nitrogens with one attached hydrogen (secondary N) is 1. The van der Waals surface area contributed by atoms with E-state index in [-0.39, 0.29) is 0 Å². The highest BCUT2D eigenvalue weighted by molar-refractivity contribution is 5.25. The van der Waals surface area contributed by atoms with Gasteiger partial charge < -0.3 is 5.32 Å². The minimum Gasteiger partial charge on any atom is -0.307 e. The van der Waals surface area contributed by atoms with Crippen molar-refractivity contribution in [2.45, 2.75) is 65.5 Å². The van der Waals surface area contributed by atoms with Gasteiger partial charge >= 0.3 is 0 Å². The smallest absolute Gasteiger partial charge is 0.0351 e. The van der Waals surface area contributed by atoms with Crippen LogP contribution in [0.4, 0.5) is 0 Å². The zero-order chi connectivity index (χ0) is 13.8. The van der Waals surface area contributed by atoms with E-state index in [0.717, 1.165) is 11.8 Å². The molecular formula is C18H29N. The van der Waals surface area contributed by atoms with E-state index in [4.69, 9.17) is 0 Å². The molecule has 0 radical (unpaired) electrons. The summed E-state index contributed by atoms with van der Waals surface area (Å²) in [5.74, 6) is 1.66. The van der Waals surface area contributed by atoms with Crippen molar-refractivity contribution >= 4 is 0 Å². The Morgan fingerprint density at radius 2 is 1.68 bits per heavy atom. The Labute approximate surface area is 118 Å². The molecule has 2 unspecified atom stereocenters. The molecule has 1 aromatic rings. The van der Waals surface area contributed by atoms with Crippen LogP contribution in [-0.4, -0.2) is 6.04 Å². The fourth-order valence-corrected chi connectivity index (χ4v) is 3.12. The summed E-state index contributed by atoms with van der Waals surface area (Å²) in [5, 5.41) is 3.92. The first kappa shape index (κ1) is 14.6. The van der Waals surface area contributed by atoms with Crippen molar-refractivity contribution in [3.63, 3.8) is 0 Å². The van der Waals surface area contributed by atoms with Crippen molar-refractivity contribution in [1.82, 2.24) is 5.32 Å². The SMILES string of the molecule is CCC(CC)C(C)NC(c1ccc(C)cc1)C1CC1. The summed E-state index contributed by atoms with van der Waals surface area (Å²) in [5.41, 5.74) is 2.83. The van der Waals surface area contributed by atoms with Crippen molar-refractivity contribution in [1.29, 1.82) is 0 Å². The van der Waals surface area contributed by atoms with Crippen LogP contribution < -0.4 is 5.32 Å². The maximum Gasteiger partial charge on any atom is 0.0351 e. The molecule has 106 valence electrons. The number of aryl methyl sites for hydroxylation is 1. The van der Waals surface area contributed by atoms with E-state index in [9.17, 15) is 0 Å². The van der Waals surface area contributed by atoms with Gasteiger partial charge in [-0.05, 0) is 44.1 Å². The van der Waals surface area contributed by atoms with Gasteiger partial charge in [-0.25, -0.2) is 0 Å². The predicted octanol–water partition coefficient (Wildman–Crippen LogP) is 4.86. The van der Waals surface area contributed by atoms with E-state index in [1.54, 1.807) is 0 Å². The summed E-state index contributed by atoms with van der Waals surface area (Å²) in [7, 11) is 0. The summed E-state index contributed by atoms with van der Waals surface area (Å²) in [6.07, 6.45) is 5.33. The fourth-order valence-electron chi connectivity index (χ4n) is 3.12. The normalized spacial score (nSPS) is 18.6. The van der Waals surface area contributed by atoms with Crippen molar-refractivity contribution in [2.75, 3.05) is 0 Å². The van der Waals surface area contributed by atoms with Crippen molar-refractivity contribution < 1.29 is 0 Å². The van der Waals surface area contributed by atoms with Gasteiger partial charge in [0, 0.05) is 12.1 Å². The average Bonchev–Trinajstić information content (AvgIpc) is 3.23. The fraction of sp³-hybridized carbons (Fsp3) is 0.667. The van der Waals surface area contributed by atoms with E-state index in [0.29, 0.717) is 12.1 Å². The largest absolute Gasteiger partial charge is 0.307 e. The maximum atomic E-state index is 3.92. The molecule has 1 fully saturated rings. The first-order valence-electron chi connectivity index (χ1n) is 7.98. The van der Waals surface area contributed by atoms with Crippen molar-refractivity contribution in [2.24, 2.45) is 11.8 Å². The van der Waals surface area contributed by atoms with Gasteiger partial charge in [0.1, 0.15) is 0 Å². The molecule has 0 aromatic heterocycles. The molecule has 0 spiro atoms. The summed E-state index contributed by atoms with van der Waals surface area (Å²) >= 11 is 0. The van der Waals surface area contributed by atoms with Crippen LogP contribution in [0, 0.1) is 18.8 Å². The number of benzene rings is 1. The molecule has 1 nitrogen and oxygen atoms in total. The summed E-state index contributed by atoms with van der Waals surface area (Å²) < 4.78 is 0. The standard InChI is InChI=1S/C18H29N/c1-5-15(6-2)14(4)19-18(17-11-12-17)16-9-7-13(3)8-10-16/h7-10,14-15,17-19H,5-6,11-12H2,1-4H3. The molecular weight excluding hydrogens is 230 g/mol. The summed E-state index contributed by atoms with van der Waals surface area (Å²) in [6.45, 7) is 9.14. The maximum absolute atomic E-state index is 3.92. The van der Waals surface area contributed by atoms with Gasteiger partial charge in [0.15, 0.2) is 0 Å². The Morgan fingerprint density at radius 3 is 2.16 bits per heavy atom. The Morgan fingerprint density at radius 1 is 1.11 bits per heavy atom. The zero-order valence-electron chi connectivity index (χ0n) is 12.9. The van der Waals surface area contributed by atoms with Gasteiger partial charge in [0.25, 0.3) is 0 Å². The van der Waals surface area contributed by atoms with Crippen LogP contribution in [0.1, 0.15) is 63.6 Å².